The Labute approximate surface area is 574 Å². The Kier molecular flexibility index (Phi) is 31.8. The van der Waals surface area contributed by atoms with Gasteiger partial charge in [-0.25, -0.2) is 54.4 Å². The number of carbonyl (C=O) groups is 6. The van der Waals surface area contributed by atoms with E-state index >= 15 is 0 Å². The van der Waals surface area contributed by atoms with E-state index in [1.54, 1.807) is 22.5 Å². The second-order valence-electron chi connectivity index (χ2n) is 22.7. The van der Waals surface area contributed by atoms with Gasteiger partial charge in [-0.05, 0) is 85.3 Å². The molecule has 0 aliphatic carbocycles. The fourth-order valence-electron chi connectivity index (χ4n) is 10.8. The summed E-state index contributed by atoms with van der Waals surface area (Å²) in [5.74, 6) is -1.74. The van der Waals surface area contributed by atoms with Gasteiger partial charge in [-0.3, -0.25) is 14.5 Å². The van der Waals surface area contributed by atoms with Crippen molar-refractivity contribution < 1.29 is 152 Å². The molecule has 0 saturated carbocycles. The number of aldehydes is 1. The zero-order valence-corrected chi connectivity index (χ0v) is 57.5. The first-order chi connectivity index (χ1) is 43.3. The summed E-state index contributed by atoms with van der Waals surface area (Å²) in [7, 11) is -2.01. The van der Waals surface area contributed by atoms with E-state index in [2.05, 4.69) is 47.1 Å². The minimum Gasteiger partial charge on any atom is -0.793 e. The predicted molar refractivity (Wildman–Crippen MR) is 315 cm³/mol. The number of anilines is 2. The molecule has 0 bridgehead atoms. The second kappa shape index (κ2) is 35.8. The topological polar surface area (TPSA) is 252 Å². The third-order valence-corrected chi connectivity index (χ3v) is 18.8. The minimum absolute atomic E-state index is 0. The first kappa shape index (κ1) is 84.4. The van der Waals surface area contributed by atoms with Gasteiger partial charge >= 0.3 is 78.4 Å². The van der Waals surface area contributed by atoms with E-state index < -0.39 is 87.1 Å². The molecule has 2 amide bonds. The summed E-state index contributed by atoms with van der Waals surface area (Å²) < 4.78 is 210. The fourth-order valence-corrected chi connectivity index (χ4v) is 12.8. The number of nitrogens with zero attached hydrogens (tertiary/aromatic N) is 7. The van der Waals surface area contributed by atoms with Crippen LogP contribution in [0.5, 0.6) is 0 Å². The molecule has 531 valence electrons. The number of halogens is 14. The summed E-state index contributed by atoms with van der Waals surface area (Å²) in [6.45, 7) is 10.2. The van der Waals surface area contributed by atoms with Crippen LogP contribution in [0, 0.1) is 10.8 Å². The molecule has 0 unspecified atom stereocenters. The number of amides is 2. The number of ether oxygens (including phenoxy) is 2. The maximum absolute atomic E-state index is 12.8. The number of carbonyl (C=O) groups excluding carboxylic acids is 6. The molecular weight excluding hydrogens is 1400 g/mol. The molecule has 23 nitrogen and oxygen atoms in total. The van der Waals surface area contributed by atoms with E-state index in [1.807, 2.05) is 23.1 Å². The molecule has 3 radical (unpaired) electrons. The Morgan fingerprint density at radius 3 is 1.25 bits per heavy atom. The van der Waals surface area contributed by atoms with E-state index in [-0.39, 0.29) is 92.7 Å². The molecular formula is C54H71BCl2F12N8NaO15S2. The summed E-state index contributed by atoms with van der Waals surface area (Å²) in [6.07, 6.45) is -25.9. The van der Waals surface area contributed by atoms with Crippen LogP contribution in [0.4, 0.5) is 73.6 Å². The van der Waals surface area contributed by atoms with Crippen molar-refractivity contribution in [3.63, 3.8) is 0 Å². The smallest absolute Gasteiger partial charge is 0.793 e. The van der Waals surface area contributed by atoms with Crippen LogP contribution in [0.25, 0.3) is 0 Å². The standard InChI is InChI=1S/C24H31ClF6N4O4S.C16H21ClN2O3S.C8H10F6N2O2.C4H6O4.C2H3BO2.Na/c1-40(37,38)35-8-5-22(6-9-35)4-7-34(16-22)19-14-18(25)3-2-17(19)15-32-10-12-33(13-11-32)21(36)39-20(23(26,27)28)24(29,30)31;1-23(21,22)19-8-5-16(6-9-19)4-7-18(12-16)15-10-14(17)3-2-13(15)11-20;9-7(10,11)5(8(12,13)14)18-6(17)16-3-1-15-2-4-16;1-3(5)7-8-4(2)6;1-2(4)5-3;/h2-3,14,20H,4-13,15-16H2,1H3;2-3,10-11H,4-9,12H2,1H3;5,15H,1-4H2;1-2H3;1H3;/q;;;;-1;+1. The molecule has 6 saturated heterocycles. The molecule has 95 heavy (non-hydrogen) atoms. The van der Waals surface area contributed by atoms with Gasteiger partial charge in [0.2, 0.25) is 26.0 Å². The SMILES string of the molecule is CC(=O)OOC(C)=O.CS(=O)(=O)N1CCC2(CCN(c3cc(Cl)ccc3C=O)C2)CC1.CS(=O)(=O)N1CCC2(CCN(c3cc(Cl)ccc3CN3CCN(C(=O)OC(C(F)(F)F)C(F)(F)F)CC3)C2)CC1.O=C(OC(C(F)(F)F)C(F)(F)F)N1CCNCC1.[B-]OC(C)=O.[Na+]. The molecule has 6 heterocycles. The van der Waals surface area contributed by atoms with Crippen LogP contribution >= 0.6 is 23.2 Å². The van der Waals surface area contributed by atoms with Gasteiger partial charge in [0.05, 0.1) is 12.5 Å². The van der Waals surface area contributed by atoms with Crippen molar-refractivity contribution in [3.8, 4) is 0 Å². The summed E-state index contributed by atoms with van der Waals surface area (Å²) >= 11 is 12.4. The molecule has 0 atom stereocenters. The van der Waals surface area contributed by atoms with Gasteiger partial charge in [0.15, 0.2) is 6.29 Å². The van der Waals surface area contributed by atoms with Gasteiger partial charge in [-0.2, -0.15) is 52.7 Å². The van der Waals surface area contributed by atoms with E-state index in [4.69, 9.17) is 23.2 Å². The Morgan fingerprint density at radius 1 is 0.558 bits per heavy atom. The Bertz CT molecular complexity index is 3100. The molecule has 2 aromatic rings. The third kappa shape index (κ3) is 27.1. The van der Waals surface area contributed by atoms with Gasteiger partial charge in [0, 0.05) is 159 Å². The zero-order chi connectivity index (χ0) is 71.0. The first-order valence-electron chi connectivity index (χ1n) is 28.6. The predicted octanol–water partition coefficient (Wildman–Crippen LogP) is 4.93. The van der Waals surface area contributed by atoms with E-state index in [0.717, 1.165) is 112 Å². The summed E-state index contributed by atoms with van der Waals surface area (Å²) in [6, 6.07) is 10.8. The van der Waals surface area contributed by atoms with Crippen molar-refractivity contribution >= 4 is 99.1 Å². The van der Waals surface area contributed by atoms with E-state index in [9.17, 15) is 98.3 Å². The molecule has 6 aliphatic rings. The average molecular weight is 1470 g/mol. The minimum atomic E-state index is -5.76. The quantitative estimate of drug-likeness (QED) is 0.115. The number of piperazine rings is 2. The first-order valence-corrected chi connectivity index (χ1v) is 33.0. The normalized spacial score (nSPS) is 18.7. The largest absolute Gasteiger partial charge is 1.00 e. The number of rotatable bonds is 9. The molecule has 1 N–H and O–H groups in total. The van der Waals surface area contributed by atoms with Gasteiger partial charge in [-0.15, -0.1) is 0 Å². The number of hydrogen-bond acceptors (Lipinski definition) is 19. The van der Waals surface area contributed by atoms with Crippen LogP contribution in [0.1, 0.15) is 75.2 Å². The Balaban J connectivity index is 0.000000361. The second-order valence-corrected chi connectivity index (χ2v) is 27.6. The molecule has 6 fully saturated rings. The molecule has 8 rings (SSSR count). The number of hydrogen-bond donors (Lipinski definition) is 1. The number of alkyl halides is 12. The monoisotopic (exact) mass is 1470 g/mol. The summed E-state index contributed by atoms with van der Waals surface area (Å²) in [5.41, 5.74) is 3.55. The van der Waals surface area contributed by atoms with Gasteiger partial charge in [-0.1, -0.05) is 29.3 Å². The van der Waals surface area contributed by atoms with Crippen LogP contribution in [-0.4, -0.2) is 239 Å². The van der Waals surface area contributed by atoms with Crippen molar-refractivity contribution in [2.24, 2.45) is 10.8 Å². The molecule has 41 heteroatoms. The van der Waals surface area contributed by atoms with Crippen molar-refractivity contribution in [1.82, 2.24) is 28.6 Å². The molecule has 2 spiro atoms. The summed E-state index contributed by atoms with van der Waals surface area (Å²) in [4.78, 5) is 79.4. The van der Waals surface area contributed by atoms with Crippen LogP contribution in [0.2, 0.25) is 10.0 Å². The molecule has 2 aromatic carbocycles. The van der Waals surface area contributed by atoms with Crippen LogP contribution < -0.4 is 44.7 Å². The maximum Gasteiger partial charge on any atom is 1.00 e. The van der Waals surface area contributed by atoms with Crippen molar-refractivity contribution in [2.45, 2.75) is 103 Å². The van der Waals surface area contributed by atoms with Gasteiger partial charge < -0.3 is 47.1 Å². The van der Waals surface area contributed by atoms with Crippen LogP contribution in [0.3, 0.4) is 0 Å². The van der Waals surface area contributed by atoms with E-state index in [1.165, 1.54) is 23.7 Å². The van der Waals surface area contributed by atoms with Crippen LogP contribution in [-0.2, 0) is 64.9 Å². The Hall–Kier alpha value is -4.80. The van der Waals surface area contributed by atoms with Gasteiger partial charge in [0.1, 0.15) is 0 Å². The van der Waals surface area contributed by atoms with Crippen LogP contribution in [0.15, 0.2) is 36.4 Å². The average Bonchev–Trinajstić information content (AvgIpc) is 1.69. The maximum atomic E-state index is 12.8. The van der Waals surface area contributed by atoms with E-state index in [0.29, 0.717) is 48.3 Å². The number of benzene rings is 2. The number of sulfonamides is 2. The molecule has 0 aromatic heterocycles. The summed E-state index contributed by atoms with van der Waals surface area (Å²) in [5, 5.41) is 3.96. The fraction of sp³-hybridized carbons (Fsp3) is 0.667. The number of piperidine rings is 2. The van der Waals surface area contributed by atoms with Crippen molar-refractivity contribution in [1.29, 1.82) is 0 Å². The van der Waals surface area contributed by atoms with Crippen molar-refractivity contribution in [3.05, 3.63) is 57.6 Å². The zero-order valence-electron chi connectivity index (χ0n) is 52.4. The third-order valence-electron chi connectivity index (χ3n) is 15.7. The Morgan fingerprint density at radius 2 is 0.905 bits per heavy atom. The molecule has 6 aliphatic heterocycles. The number of nitrogens with one attached hydrogen (secondary N) is 1. The van der Waals surface area contributed by atoms with Gasteiger partial charge in [0.25, 0.3) is 12.2 Å². The van der Waals surface area contributed by atoms with Crippen molar-refractivity contribution in [2.75, 3.05) is 127 Å².